The van der Waals surface area contributed by atoms with Gasteiger partial charge in [-0.05, 0) is 18.1 Å². The first kappa shape index (κ1) is 13.0. The van der Waals surface area contributed by atoms with E-state index in [-0.39, 0.29) is 31.0 Å². The van der Waals surface area contributed by atoms with E-state index in [1.807, 2.05) is 0 Å². The van der Waals surface area contributed by atoms with Crippen molar-refractivity contribution in [3.8, 4) is 5.75 Å². The number of carbonyl (C=O) groups is 2. The SMILES string of the molecule is O=C(O)CCNC(=O)CCc1ccccc1O. The average Bonchev–Trinajstić information content (AvgIpc) is 2.27. The Kier molecular flexibility index (Phi) is 5.00. The van der Waals surface area contributed by atoms with Crippen LogP contribution in [0.5, 0.6) is 5.75 Å². The number of amides is 1. The molecule has 0 heterocycles. The maximum atomic E-state index is 11.3. The summed E-state index contributed by atoms with van der Waals surface area (Å²) < 4.78 is 0. The number of rotatable bonds is 6. The fraction of sp³-hybridized carbons (Fsp3) is 0.333. The van der Waals surface area contributed by atoms with Crippen LogP contribution in [0.25, 0.3) is 0 Å². The van der Waals surface area contributed by atoms with Gasteiger partial charge in [-0.3, -0.25) is 9.59 Å². The molecule has 0 aliphatic carbocycles. The largest absolute Gasteiger partial charge is 0.508 e. The van der Waals surface area contributed by atoms with Crippen molar-refractivity contribution in [2.24, 2.45) is 0 Å². The minimum atomic E-state index is -0.939. The molecular weight excluding hydrogens is 222 g/mol. The van der Waals surface area contributed by atoms with Crippen molar-refractivity contribution < 1.29 is 19.8 Å². The molecule has 3 N–H and O–H groups in total. The fourth-order valence-electron chi connectivity index (χ4n) is 1.37. The van der Waals surface area contributed by atoms with E-state index in [4.69, 9.17) is 5.11 Å². The third-order valence-corrected chi connectivity index (χ3v) is 2.27. The third kappa shape index (κ3) is 5.01. The Bertz CT molecular complexity index is 403. The Morgan fingerprint density at radius 3 is 2.53 bits per heavy atom. The van der Waals surface area contributed by atoms with Crippen LogP contribution in [-0.4, -0.2) is 28.6 Å². The number of carboxylic acids is 1. The lowest BCUT2D eigenvalue weighted by molar-refractivity contribution is -0.136. The van der Waals surface area contributed by atoms with Crippen molar-refractivity contribution in [2.75, 3.05) is 6.54 Å². The summed E-state index contributed by atoms with van der Waals surface area (Å²) in [6, 6.07) is 6.82. The topological polar surface area (TPSA) is 86.6 Å². The molecule has 1 rings (SSSR count). The van der Waals surface area contributed by atoms with Gasteiger partial charge in [-0.1, -0.05) is 18.2 Å². The summed E-state index contributed by atoms with van der Waals surface area (Å²) in [5, 5.41) is 20.4. The molecule has 92 valence electrons. The molecule has 17 heavy (non-hydrogen) atoms. The summed E-state index contributed by atoms with van der Waals surface area (Å²) in [6.45, 7) is 0.134. The van der Waals surface area contributed by atoms with E-state index in [0.29, 0.717) is 12.0 Å². The molecule has 0 radical (unpaired) electrons. The summed E-state index contributed by atoms with van der Waals surface area (Å²) in [5.41, 5.74) is 0.709. The van der Waals surface area contributed by atoms with Gasteiger partial charge in [-0.2, -0.15) is 0 Å². The molecule has 0 spiro atoms. The molecule has 0 aromatic heterocycles. The summed E-state index contributed by atoms with van der Waals surface area (Å²) in [7, 11) is 0. The third-order valence-electron chi connectivity index (χ3n) is 2.27. The van der Waals surface area contributed by atoms with E-state index in [9.17, 15) is 14.7 Å². The number of phenolic OH excluding ortho intramolecular Hbond substituents is 1. The zero-order valence-corrected chi connectivity index (χ0v) is 9.35. The molecule has 0 bridgehead atoms. The van der Waals surface area contributed by atoms with Crippen LogP contribution in [0.4, 0.5) is 0 Å². The van der Waals surface area contributed by atoms with E-state index < -0.39 is 5.97 Å². The van der Waals surface area contributed by atoms with Crippen LogP contribution in [-0.2, 0) is 16.0 Å². The highest BCUT2D eigenvalue weighted by atomic mass is 16.4. The van der Waals surface area contributed by atoms with Gasteiger partial charge < -0.3 is 15.5 Å². The zero-order chi connectivity index (χ0) is 12.7. The lowest BCUT2D eigenvalue weighted by Crippen LogP contribution is -2.26. The number of para-hydroxylation sites is 1. The highest BCUT2D eigenvalue weighted by Gasteiger charge is 2.05. The number of phenols is 1. The molecular formula is C12H15NO4. The van der Waals surface area contributed by atoms with Crippen LogP contribution in [0.1, 0.15) is 18.4 Å². The van der Waals surface area contributed by atoms with Crippen molar-refractivity contribution in [3.05, 3.63) is 29.8 Å². The first-order valence-electron chi connectivity index (χ1n) is 5.35. The standard InChI is InChI=1S/C12H15NO4/c14-10-4-2-1-3-9(10)5-6-11(15)13-8-7-12(16)17/h1-4,14H,5-8H2,(H,13,15)(H,16,17). The van der Waals surface area contributed by atoms with Gasteiger partial charge in [0.05, 0.1) is 6.42 Å². The summed E-state index contributed by atoms with van der Waals surface area (Å²) >= 11 is 0. The molecule has 5 nitrogen and oxygen atoms in total. The van der Waals surface area contributed by atoms with E-state index >= 15 is 0 Å². The van der Waals surface area contributed by atoms with Gasteiger partial charge in [-0.15, -0.1) is 0 Å². The molecule has 1 aromatic carbocycles. The first-order chi connectivity index (χ1) is 8.09. The first-order valence-corrected chi connectivity index (χ1v) is 5.35. The molecule has 1 aromatic rings. The van der Waals surface area contributed by atoms with Crippen LogP contribution in [0.3, 0.4) is 0 Å². The minimum absolute atomic E-state index is 0.0810. The fourth-order valence-corrected chi connectivity index (χ4v) is 1.37. The number of carbonyl (C=O) groups excluding carboxylic acids is 1. The molecule has 0 saturated carbocycles. The van der Waals surface area contributed by atoms with Crippen LogP contribution >= 0.6 is 0 Å². The number of aromatic hydroxyl groups is 1. The monoisotopic (exact) mass is 237 g/mol. The van der Waals surface area contributed by atoms with Crippen molar-refractivity contribution in [1.82, 2.24) is 5.32 Å². The second kappa shape index (κ2) is 6.52. The summed E-state index contributed by atoms with van der Waals surface area (Å²) in [4.78, 5) is 21.5. The number of aliphatic carboxylic acids is 1. The number of hydrogen-bond acceptors (Lipinski definition) is 3. The van der Waals surface area contributed by atoms with E-state index in [0.717, 1.165) is 0 Å². The maximum absolute atomic E-state index is 11.3. The van der Waals surface area contributed by atoms with Gasteiger partial charge in [0.15, 0.2) is 0 Å². The number of nitrogens with one attached hydrogen (secondary N) is 1. The number of aryl methyl sites for hydroxylation is 1. The van der Waals surface area contributed by atoms with Crippen LogP contribution in [0.2, 0.25) is 0 Å². The van der Waals surface area contributed by atoms with Crippen molar-refractivity contribution in [3.63, 3.8) is 0 Å². The van der Waals surface area contributed by atoms with E-state index in [1.54, 1.807) is 24.3 Å². The Morgan fingerprint density at radius 1 is 1.18 bits per heavy atom. The number of benzene rings is 1. The van der Waals surface area contributed by atoms with Crippen LogP contribution in [0, 0.1) is 0 Å². The predicted molar refractivity (Wildman–Crippen MR) is 61.7 cm³/mol. The van der Waals surface area contributed by atoms with Gasteiger partial charge in [-0.25, -0.2) is 0 Å². The summed E-state index contributed by atoms with van der Waals surface area (Å²) in [6.07, 6.45) is 0.588. The Morgan fingerprint density at radius 2 is 1.88 bits per heavy atom. The van der Waals surface area contributed by atoms with Crippen molar-refractivity contribution in [1.29, 1.82) is 0 Å². The smallest absolute Gasteiger partial charge is 0.305 e. The molecule has 0 fully saturated rings. The highest BCUT2D eigenvalue weighted by Crippen LogP contribution is 2.16. The van der Waals surface area contributed by atoms with Gasteiger partial charge in [0, 0.05) is 13.0 Å². The van der Waals surface area contributed by atoms with Crippen molar-refractivity contribution in [2.45, 2.75) is 19.3 Å². The maximum Gasteiger partial charge on any atom is 0.305 e. The normalized spacial score (nSPS) is 9.88. The predicted octanol–water partition coefficient (Wildman–Crippen LogP) is 0.916. The zero-order valence-electron chi connectivity index (χ0n) is 9.35. The van der Waals surface area contributed by atoms with E-state index in [1.165, 1.54) is 0 Å². The average molecular weight is 237 g/mol. The number of hydrogen-bond donors (Lipinski definition) is 3. The second-order valence-electron chi connectivity index (χ2n) is 3.62. The molecule has 0 aliphatic heterocycles. The molecule has 0 aliphatic rings. The van der Waals surface area contributed by atoms with Gasteiger partial charge >= 0.3 is 5.97 Å². The minimum Gasteiger partial charge on any atom is -0.508 e. The molecule has 1 amide bonds. The van der Waals surface area contributed by atoms with Gasteiger partial charge in [0.25, 0.3) is 0 Å². The Labute approximate surface area is 99.1 Å². The summed E-state index contributed by atoms with van der Waals surface area (Å²) in [5.74, 6) is -0.980. The Balaban J connectivity index is 2.29. The van der Waals surface area contributed by atoms with Gasteiger partial charge in [0.1, 0.15) is 5.75 Å². The molecule has 0 saturated heterocycles. The van der Waals surface area contributed by atoms with Crippen LogP contribution in [0.15, 0.2) is 24.3 Å². The number of carboxylic acid groups (broad SMARTS) is 1. The second-order valence-corrected chi connectivity index (χ2v) is 3.62. The van der Waals surface area contributed by atoms with Crippen molar-refractivity contribution >= 4 is 11.9 Å². The van der Waals surface area contributed by atoms with E-state index in [2.05, 4.69) is 5.32 Å². The molecule has 0 atom stereocenters. The van der Waals surface area contributed by atoms with Gasteiger partial charge in [0.2, 0.25) is 5.91 Å². The van der Waals surface area contributed by atoms with Crippen LogP contribution < -0.4 is 5.32 Å². The molecule has 0 unspecified atom stereocenters. The quantitative estimate of drug-likeness (QED) is 0.686. The lowest BCUT2D eigenvalue weighted by Gasteiger charge is -2.05. The highest BCUT2D eigenvalue weighted by molar-refractivity contribution is 5.77. The molecule has 5 heteroatoms. The Hall–Kier alpha value is -2.04. The lowest BCUT2D eigenvalue weighted by atomic mass is 10.1.